The number of benzene rings is 3. The molecule has 12 heteroatoms. The molecular formula is C32H39N7O5. The van der Waals surface area contributed by atoms with Gasteiger partial charge in [0.2, 0.25) is 17.4 Å². The van der Waals surface area contributed by atoms with E-state index in [0.29, 0.717) is 12.0 Å². The van der Waals surface area contributed by atoms with Gasteiger partial charge in [0.25, 0.3) is 5.91 Å². The van der Waals surface area contributed by atoms with Crippen molar-refractivity contribution in [2.75, 3.05) is 13.2 Å². The minimum atomic E-state index is -2.16. The van der Waals surface area contributed by atoms with Crippen molar-refractivity contribution >= 4 is 29.7 Å². The molecular weight excluding hydrogens is 562 g/mol. The van der Waals surface area contributed by atoms with Crippen LogP contribution in [0.2, 0.25) is 0 Å². The predicted octanol–water partition coefficient (Wildman–Crippen LogP) is 0.876. The van der Waals surface area contributed by atoms with Crippen LogP contribution in [0.1, 0.15) is 47.9 Å². The first-order chi connectivity index (χ1) is 21.1. The lowest BCUT2D eigenvalue weighted by molar-refractivity contribution is -0.153. The summed E-state index contributed by atoms with van der Waals surface area (Å²) in [6.07, 6.45) is 0.712. The Labute approximate surface area is 256 Å². The molecule has 0 aromatic heterocycles. The first-order valence-corrected chi connectivity index (χ1v) is 14.2. The third-order valence-corrected chi connectivity index (χ3v) is 6.97. The van der Waals surface area contributed by atoms with E-state index in [1.54, 1.807) is 19.1 Å². The Balaban J connectivity index is 1.77. The molecule has 0 aliphatic heterocycles. The van der Waals surface area contributed by atoms with Crippen LogP contribution in [0.3, 0.4) is 0 Å². The van der Waals surface area contributed by atoms with Crippen LogP contribution in [0, 0.1) is 0 Å². The van der Waals surface area contributed by atoms with Crippen molar-refractivity contribution in [1.29, 1.82) is 0 Å². The standard InChI is InChI=1S/C32H39N7O5/c1-2-44-30(43)32(36,29(33)42)24-17-15-21(16-18-24)20-38-27(40)25(14-9-19-37-31(34)35)39-28(41)26(22-10-5-3-6-11-22)23-12-7-4-8-13-23/h3-8,10-13,15-18,25-26H,2,9,14,19-20,36H2,1H3,(H2,33,42)(H,38,40)(H,39,41)(H4,34,35,37)/t25-,32?/m1/s1. The maximum Gasteiger partial charge on any atom is 0.340 e. The Kier molecular flexibility index (Phi) is 12.0. The quantitative estimate of drug-likeness (QED) is 0.0482. The minimum absolute atomic E-state index is 0.0241. The van der Waals surface area contributed by atoms with Crippen LogP contribution in [0.4, 0.5) is 0 Å². The summed E-state index contributed by atoms with van der Waals surface area (Å²) in [5.74, 6) is -3.47. The van der Waals surface area contributed by atoms with Crippen molar-refractivity contribution in [2.45, 2.75) is 43.8 Å². The van der Waals surface area contributed by atoms with E-state index in [1.807, 2.05) is 60.7 Å². The van der Waals surface area contributed by atoms with Crippen molar-refractivity contribution in [1.82, 2.24) is 10.6 Å². The number of esters is 1. The topological polar surface area (TPSA) is 218 Å². The molecule has 12 nitrogen and oxygen atoms in total. The van der Waals surface area contributed by atoms with E-state index in [4.69, 9.17) is 27.7 Å². The number of ether oxygens (including phenoxy) is 1. The van der Waals surface area contributed by atoms with Crippen molar-refractivity contribution in [3.8, 4) is 0 Å². The molecule has 3 rings (SSSR count). The zero-order valence-corrected chi connectivity index (χ0v) is 24.6. The number of guanidine groups is 1. The van der Waals surface area contributed by atoms with Crippen LogP contribution < -0.4 is 33.6 Å². The fourth-order valence-electron chi connectivity index (χ4n) is 4.62. The number of hydrogen-bond donors (Lipinski definition) is 6. The van der Waals surface area contributed by atoms with E-state index >= 15 is 0 Å². The summed E-state index contributed by atoms with van der Waals surface area (Å²) in [6, 6.07) is 23.9. The first kappa shape index (κ1) is 33.3. The molecule has 0 spiro atoms. The smallest absolute Gasteiger partial charge is 0.340 e. The van der Waals surface area contributed by atoms with Crippen LogP contribution in [0.25, 0.3) is 0 Å². The number of amides is 3. The van der Waals surface area contributed by atoms with Crippen LogP contribution in [-0.2, 0) is 36.0 Å². The highest BCUT2D eigenvalue weighted by Gasteiger charge is 2.44. The van der Waals surface area contributed by atoms with Crippen LogP contribution >= 0.6 is 0 Å². The third kappa shape index (κ3) is 8.65. The summed E-state index contributed by atoms with van der Waals surface area (Å²) in [5.41, 5.74) is 22.6. The van der Waals surface area contributed by atoms with Gasteiger partial charge in [-0.1, -0.05) is 84.9 Å². The summed E-state index contributed by atoms with van der Waals surface area (Å²) < 4.78 is 4.94. The number of hydrogen-bond acceptors (Lipinski definition) is 7. The van der Waals surface area contributed by atoms with Gasteiger partial charge in [0.1, 0.15) is 6.04 Å². The van der Waals surface area contributed by atoms with E-state index in [2.05, 4.69) is 15.6 Å². The number of carbonyl (C=O) groups excluding carboxylic acids is 4. The average Bonchev–Trinajstić information content (AvgIpc) is 3.02. The van der Waals surface area contributed by atoms with E-state index in [1.165, 1.54) is 12.1 Å². The Morgan fingerprint density at radius 3 is 1.91 bits per heavy atom. The highest BCUT2D eigenvalue weighted by Crippen LogP contribution is 2.25. The van der Waals surface area contributed by atoms with Crippen molar-refractivity contribution < 1.29 is 23.9 Å². The van der Waals surface area contributed by atoms with Crippen molar-refractivity contribution in [3.63, 3.8) is 0 Å². The molecule has 0 bridgehead atoms. The normalized spacial score (nSPS) is 12.8. The van der Waals surface area contributed by atoms with Crippen molar-refractivity contribution in [3.05, 3.63) is 107 Å². The lowest BCUT2D eigenvalue weighted by atomic mass is 9.89. The minimum Gasteiger partial charge on any atom is -0.464 e. The number of nitrogens with one attached hydrogen (secondary N) is 2. The Bertz CT molecular complexity index is 1410. The average molecular weight is 602 g/mol. The van der Waals surface area contributed by atoms with E-state index in [-0.39, 0.29) is 43.5 Å². The highest BCUT2D eigenvalue weighted by molar-refractivity contribution is 6.07. The third-order valence-electron chi connectivity index (χ3n) is 6.97. The van der Waals surface area contributed by atoms with Gasteiger partial charge in [-0.25, -0.2) is 4.79 Å². The molecule has 1 unspecified atom stereocenters. The summed E-state index contributed by atoms with van der Waals surface area (Å²) in [4.78, 5) is 55.5. The number of nitrogens with zero attached hydrogens (tertiary/aromatic N) is 1. The second kappa shape index (κ2) is 15.8. The van der Waals surface area contributed by atoms with Gasteiger partial charge >= 0.3 is 5.97 Å². The maximum absolute atomic E-state index is 13.7. The lowest BCUT2D eigenvalue weighted by Crippen LogP contribution is -2.56. The van der Waals surface area contributed by atoms with Gasteiger partial charge in [-0.2, -0.15) is 0 Å². The molecule has 2 atom stereocenters. The molecule has 0 saturated carbocycles. The number of primary amides is 1. The summed E-state index contributed by atoms with van der Waals surface area (Å²) in [7, 11) is 0. The molecule has 10 N–H and O–H groups in total. The van der Waals surface area contributed by atoms with E-state index in [0.717, 1.165) is 11.1 Å². The molecule has 3 aromatic rings. The van der Waals surface area contributed by atoms with Gasteiger partial charge in [0.05, 0.1) is 12.5 Å². The molecule has 0 aliphatic carbocycles. The van der Waals surface area contributed by atoms with Gasteiger partial charge in [-0.15, -0.1) is 0 Å². The first-order valence-electron chi connectivity index (χ1n) is 14.2. The van der Waals surface area contributed by atoms with Gasteiger partial charge < -0.3 is 38.3 Å². The molecule has 232 valence electrons. The molecule has 0 aliphatic rings. The highest BCUT2D eigenvalue weighted by atomic mass is 16.5. The maximum atomic E-state index is 13.7. The Morgan fingerprint density at radius 2 is 1.41 bits per heavy atom. The Hall–Kier alpha value is -5.23. The van der Waals surface area contributed by atoms with Crippen LogP contribution in [-0.4, -0.2) is 48.8 Å². The number of carbonyl (C=O) groups is 4. The van der Waals surface area contributed by atoms with Gasteiger partial charge in [0, 0.05) is 13.1 Å². The Morgan fingerprint density at radius 1 is 0.841 bits per heavy atom. The molecule has 0 fully saturated rings. The van der Waals surface area contributed by atoms with E-state index < -0.39 is 35.3 Å². The molecule has 0 saturated heterocycles. The van der Waals surface area contributed by atoms with Crippen LogP contribution in [0.5, 0.6) is 0 Å². The molecule has 0 heterocycles. The monoisotopic (exact) mass is 601 g/mol. The number of nitrogens with two attached hydrogens (primary N) is 4. The number of aliphatic imine (C=N–C) groups is 1. The molecule has 3 amide bonds. The second-order valence-corrected chi connectivity index (χ2v) is 10.1. The summed E-state index contributed by atoms with van der Waals surface area (Å²) in [6.45, 7) is 1.99. The van der Waals surface area contributed by atoms with Gasteiger partial charge in [-0.3, -0.25) is 19.4 Å². The zero-order valence-electron chi connectivity index (χ0n) is 24.6. The van der Waals surface area contributed by atoms with E-state index in [9.17, 15) is 19.2 Å². The largest absolute Gasteiger partial charge is 0.464 e. The van der Waals surface area contributed by atoms with Crippen molar-refractivity contribution in [2.24, 2.45) is 27.9 Å². The number of rotatable bonds is 15. The zero-order chi connectivity index (χ0) is 32.1. The molecule has 44 heavy (non-hydrogen) atoms. The van der Waals surface area contributed by atoms with Crippen LogP contribution in [0.15, 0.2) is 89.9 Å². The lowest BCUT2D eigenvalue weighted by Gasteiger charge is -2.24. The summed E-state index contributed by atoms with van der Waals surface area (Å²) in [5, 5.41) is 5.77. The second-order valence-electron chi connectivity index (χ2n) is 10.1. The van der Waals surface area contributed by atoms with Gasteiger partial charge in [0.15, 0.2) is 5.96 Å². The predicted molar refractivity (Wildman–Crippen MR) is 167 cm³/mol. The van der Waals surface area contributed by atoms with Gasteiger partial charge in [-0.05, 0) is 42.0 Å². The fraction of sp³-hybridized carbons (Fsp3) is 0.281. The SMILES string of the molecule is CCOC(=O)C(N)(C(N)=O)c1ccc(CNC(=O)[C@@H](CCCN=C(N)N)NC(=O)C(c2ccccc2)c2ccccc2)cc1. The summed E-state index contributed by atoms with van der Waals surface area (Å²) >= 11 is 0. The molecule has 3 aromatic carbocycles. The fourth-order valence-corrected chi connectivity index (χ4v) is 4.62. The molecule has 0 radical (unpaired) electrons.